The zero-order valence-electron chi connectivity index (χ0n) is 7.79. The van der Waals surface area contributed by atoms with Crippen LogP contribution in [0.3, 0.4) is 0 Å². The van der Waals surface area contributed by atoms with Crippen LogP contribution >= 0.6 is 0 Å². The van der Waals surface area contributed by atoms with Crippen molar-refractivity contribution in [3.8, 4) is 0 Å². The van der Waals surface area contributed by atoms with Crippen LogP contribution in [0.25, 0.3) is 0 Å². The zero-order valence-corrected chi connectivity index (χ0v) is 7.79. The Labute approximate surface area is 74.3 Å². The average molecular weight is 166 g/mol. The number of rotatable bonds is 1. The summed E-state index contributed by atoms with van der Waals surface area (Å²) in [6.45, 7) is 3.97. The third-order valence-electron chi connectivity index (χ3n) is 3.88. The molecule has 1 aliphatic carbocycles. The first kappa shape index (κ1) is 7.34. The highest BCUT2D eigenvalue weighted by atomic mass is 15.2. The normalized spacial score (nSPS) is 48.2. The zero-order chi connectivity index (χ0) is 8.13. The summed E-state index contributed by atoms with van der Waals surface area (Å²) in [6.07, 6.45) is 2.98. The van der Waals surface area contributed by atoms with Crippen molar-refractivity contribution in [2.24, 2.45) is 17.8 Å². The van der Waals surface area contributed by atoms with Crippen LogP contribution in [0.2, 0.25) is 0 Å². The molecular weight excluding hydrogens is 148 g/mol. The summed E-state index contributed by atoms with van der Waals surface area (Å²) in [5.74, 6) is 3.01. The Balaban J connectivity index is 1.73. The number of likely N-dealkylation sites (tertiary alicyclic amines) is 1. The van der Waals surface area contributed by atoms with Crippen LogP contribution in [-0.4, -0.2) is 37.6 Å². The van der Waals surface area contributed by atoms with E-state index >= 15 is 0 Å². The van der Waals surface area contributed by atoms with E-state index in [2.05, 4.69) is 17.3 Å². The molecule has 3 aliphatic rings. The van der Waals surface area contributed by atoms with E-state index in [0.29, 0.717) is 0 Å². The van der Waals surface area contributed by atoms with Crippen molar-refractivity contribution < 1.29 is 0 Å². The standard InChI is InChI=1S/C10H18N2/c1-12-5-8-4-11-10(7-2-3-7)9(8)6-12/h7-11H,2-6H2,1H3/t8-,9-,10+/m0/s1. The summed E-state index contributed by atoms with van der Waals surface area (Å²) >= 11 is 0. The maximum Gasteiger partial charge on any atom is 0.0139 e. The van der Waals surface area contributed by atoms with E-state index in [4.69, 9.17) is 0 Å². The van der Waals surface area contributed by atoms with Crippen LogP contribution in [0.1, 0.15) is 12.8 Å². The molecule has 0 aromatic carbocycles. The van der Waals surface area contributed by atoms with E-state index in [-0.39, 0.29) is 0 Å². The predicted molar refractivity (Wildman–Crippen MR) is 49.0 cm³/mol. The monoisotopic (exact) mass is 166 g/mol. The largest absolute Gasteiger partial charge is 0.313 e. The van der Waals surface area contributed by atoms with Crippen LogP contribution in [0, 0.1) is 17.8 Å². The van der Waals surface area contributed by atoms with Gasteiger partial charge in [0.05, 0.1) is 0 Å². The Morgan fingerprint density at radius 1 is 1.17 bits per heavy atom. The van der Waals surface area contributed by atoms with Crippen LogP contribution in [0.4, 0.5) is 0 Å². The summed E-state index contributed by atoms with van der Waals surface area (Å²) in [7, 11) is 2.27. The summed E-state index contributed by atoms with van der Waals surface area (Å²) in [5.41, 5.74) is 0. The van der Waals surface area contributed by atoms with Gasteiger partial charge in [0.2, 0.25) is 0 Å². The van der Waals surface area contributed by atoms with Crippen LogP contribution < -0.4 is 5.32 Å². The second-order valence-corrected chi connectivity index (χ2v) is 4.92. The molecule has 2 heterocycles. The SMILES string of the molecule is CN1C[C@@H]2CN[C@H](C3CC3)[C@H]2C1. The minimum Gasteiger partial charge on any atom is -0.313 e. The minimum absolute atomic E-state index is 0.889. The summed E-state index contributed by atoms with van der Waals surface area (Å²) in [6, 6.07) is 0.889. The summed E-state index contributed by atoms with van der Waals surface area (Å²) < 4.78 is 0. The fourth-order valence-corrected chi connectivity index (χ4v) is 3.15. The highest BCUT2D eigenvalue weighted by molar-refractivity contribution is 5.02. The minimum atomic E-state index is 0.889. The lowest BCUT2D eigenvalue weighted by molar-refractivity contribution is 0.342. The number of hydrogen-bond acceptors (Lipinski definition) is 2. The molecule has 68 valence electrons. The Bertz CT molecular complexity index is 188. The van der Waals surface area contributed by atoms with Gasteiger partial charge in [-0.3, -0.25) is 0 Å². The number of hydrogen-bond donors (Lipinski definition) is 1. The van der Waals surface area contributed by atoms with Gasteiger partial charge in [0, 0.05) is 19.1 Å². The van der Waals surface area contributed by atoms with Gasteiger partial charge in [0.15, 0.2) is 0 Å². The molecule has 3 rings (SSSR count). The lowest BCUT2D eigenvalue weighted by atomic mass is 9.92. The highest BCUT2D eigenvalue weighted by Gasteiger charge is 2.47. The summed E-state index contributed by atoms with van der Waals surface area (Å²) in [4.78, 5) is 2.51. The molecule has 2 nitrogen and oxygen atoms in total. The molecule has 0 radical (unpaired) electrons. The third kappa shape index (κ3) is 1.01. The molecule has 1 saturated carbocycles. The van der Waals surface area contributed by atoms with E-state index in [1.807, 2.05) is 0 Å². The van der Waals surface area contributed by atoms with Gasteiger partial charge in [-0.15, -0.1) is 0 Å². The molecule has 0 unspecified atom stereocenters. The van der Waals surface area contributed by atoms with Gasteiger partial charge in [0.1, 0.15) is 0 Å². The molecule has 2 heteroatoms. The van der Waals surface area contributed by atoms with Crippen molar-refractivity contribution in [1.82, 2.24) is 10.2 Å². The van der Waals surface area contributed by atoms with E-state index in [1.54, 1.807) is 0 Å². The van der Waals surface area contributed by atoms with Gasteiger partial charge in [-0.2, -0.15) is 0 Å². The fourth-order valence-electron chi connectivity index (χ4n) is 3.15. The molecular formula is C10H18N2. The molecule has 1 N–H and O–H groups in total. The number of fused-ring (bicyclic) bond motifs is 1. The van der Waals surface area contributed by atoms with Crippen molar-refractivity contribution >= 4 is 0 Å². The fraction of sp³-hybridized carbons (Fsp3) is 1.00. The van der Waals surface area contributed by atoms with Crippen LogP contribution in [0.5, 0.6) is 0 Å². The Hall–Kier alpha value is -0.0800. The first-order valence-electron chi connectivity index (χ1n) is 5.26. The molecule has 0 aromatic rings. The maximum absolute atomic E-state index is 3.71. The first-order chi connectivity index (χ1) is 5.84. The van der Waals surface area contributed by atoms with Crippen LogP contribution in [0.15, 0.2) is 0 Å². The second kappa shape index (κ2) is 2.46. The van der Waals surface area contributed by atoms with Crippen molar-refractivity contribution in [2.45, 2.75) is 18.9 Å². The lowest BCUT2D eigenvalue weighted by Gasteiger charge is -2.17. The average Bonchev–Trinajstić information content (AvgIpc) is 2.69. The third-order valence-corrected chi connectivity index (χ3v) is 3.88. The van der Waals surface area contributed by atoms with E-state index in [9.17, 15) is 0 Å². The topological polar surface area (TPSA) is 15.3 Å². The maximum atomic E-state index is 3.71. The molecule has 3 fully saturated rings. The Morgan fingerprint density at radius 2 is 2.00 bits per heavy atom. The highest BCUT2D eigenvalue weighted by Crippen LogP contribution is 2.42. The van der Waals surface area contributed by atoms with Gasteiger partial charge in [-0.1, -0.05) is 0 Å². The van der Waals surface area contributed by atoms with Crippen molar-refractivity contribution in [3.63, 3.8) is 0 Å². The van der Waals surface area contributed by atoms with Gasteiger partial charge in [0.25, 0.3) is 0 Å². The molecule has 0 bridgehead atoms. The second-order valence-electron chi connectivity index (χ2n) is 4.92. The van der Waals surface area contributed by atoms with E-state index < -0.39 is 0 Å². The molecule has 0 amide bonds. The quantitative estimate of drug-likeness (QED) is 0.612. The van der Waals surface area contributed by atoms with Crippen molar-refractivity contribution in [1.29, 1.82) is 0 Å². The van der Waals surface area contributed by atoms with E-state index in [1.165, 1.54) is 32.5 Å². The Morgan fingerprint density at radius 3 is 2.75 bits per heavy atom. The lowest BCUT2D eigenvalue weighted by Crippen LogP contribution is -2.32. The molecule has 0 spiro atoms. The number of nitrogens with zero attached hydrogens (tertiary/aromatic N) is 1. The molecule has 2 aliphatic heterocycles. The molecule has 12 heavy (non-hydrogen) atoms. The van der Waals surface area contributed by atoms with Gasteiger partial charge < -0.3 is 10.2 Å². The molecule has 0 aromatic heterocycles. The Kier molecular flexibility index (Phi) is 1.50. The van der Waals surface area contributed by atoms with Gasteiger partial charge >= 0.3 is 0 Å². The van der Waals surface area contributed by atoms with Crippen molar-refractivity contribution in [2.75, 3.05) is 26.7 Å². The molecule has 3 atom stereocenters. The predicted octanol–water partition coefficient (Wildman–Crippen LogP) is 0.546. The van der Waals surface area contributed by atoms with Crippen molar-refractivity contribution in [3.05, 3.63) is 0 Å². The van der Waals surface area contributed by atoms with Gasteiger partial charge in [-0.05, 0) is 44.2 Å². The molecule has 2 saturated heterocycles. The first-order valence-corrected chi connectivity index (χ1v) is 5.26. The number of nitrogens with one attached hydrogen (secondary N) is 1. The van der Waals surface area contributed by atoms with Crippen LogP contribution in [-0.2, 0) is 0 Å². The van der Waals surface area contributed by atoms with E-state index in [0.717, 1.165) is 23.8 Å². The van der Waals surface area contributed by atoms with Gasteiger partial charge in [-0.25, -0.2) is 0 Å². The smallest absolute Gasteiger partial charge is 0.0139 e. The summed E-state index contributed by atoms with van der Waals surface area (Å²) in [5, 5.41) is 3.71.